The average molecular weight is 580 g/mol. The molecular weight excluding hydrogens is 526 g/mol. The number of amides is 3. The van der Waals surface area contributed by atoms with Gasteiger partial charge in [0.2, 0.25) is 17.7 Å². The highest BCUT2D eigenvalue weighted by Gasteiger charge is 2.45. The fraction of sp³-hybridized carbons (Fsp3) is 0.867. The lowest BCUT2D eigenvalue weighted by Gasteiger charge is -2.41. The molecule has 0 aromatic carbocycles. The van der Waals surface area contributed by atoms with Crippen molar-refractivity contribution in [1.29, 1.82) is 0 Å². The summed E-state index contributed by atoms with van der Waals surface area (Å²) in [7, 11) is 5.04. The van der Waals surface area contributed by atoms with Gasteiger partial charge in [0.25, 0.3) is 0 Å². The smallest absolute Gasteiger partial charge is 0.328 e. The zero-order valence-electron chi connectivity index (χ0n) is 26.4. The molecule has 4 unspecified atom stereocenters. The number of piperidine rings is 1. The molecule has 3 amide bonds. The molecule has 0 aliphatic carbocycles. The first kappa shape index (κ1) is 33.3. The molecule has 0 aromatic heterocycles. The lowest BCUT2D eigenvalue weighted by Crippen LogP contribution is -2.61. The number of β-amino-alcohol motifs (C(OH)–C–C–N with tert-alkyl or cyclic N) is 1. The number of hydrogen-bond donors (Lipinski definition) is 2. The van der Waals surface area contributed by atoms with Crippen LogP contribution >= 0.6 is 0 Å². The minimum absolute atomic E-state index is 0.0949. The van der Waals surface area contributed by atoms with Gasteiger partial charge in [0.15, 0.2) is 0 Å². The Labute approximate surface area is 245 Å². The standard InChI is InChI=1S/C30H53N5O6/c1-19(2)24(18-34-15-11-13-22(34)27(38)35-17-20(36)16-23(35)29(40)41-8)33(7)28(39)25(30(3,4)5)31-26(37)21-12-9-10-14-32(21)6/h19-25,36H,9-18H2,1-8H3,(H,31,37)/t20-,21?,22?,23?,24-,25?/m1/s1. The van der Waals surface area contributed by atoms with Gasteiger partial charge in [0.05, 0.1) is 25.3 Å². The molecule has 3 saturated heterocycles. The summed E-state index contributed by atoms with van der Waals surface area (Å²) in [5.41, 5.74) is -0.499. The predicted octanol–water partition coefficient (Wildman–Crippen LogP) is 1.08. The van der Waals surface area contributed by atoms with Crippen LogP contribution in [-0.2, 0) is 23.9 Å². The van der Waals surface area contributed by atoms with E-state index < -0.39 is 35.6 Å². The monoisotopic (exact) mass is 579 g/mol. The van der Waals surface area contributed by atoms with Crippen LogP contribution in [-0.4, -0.2) is 132 Å². The minimum atomic E-state index is -0.783. The number of esters is 1. The number of nitrogens with zero attached hydrogens (tertiary/aromatic N) is 4. The van der Waals surface area contributed by atoms with Crippen LogP contribution in [0.15, 0.2) is 0 Å². The topological polar surface area (TPSA) is 123 Å². The van der Waals surface area contributed by atoms with Gasteiger partial charge in [-0.25, -0.2) is 4.79 Å². The van der Waals surface area contributed by atoms with Crippen molar-refractivity contribution in [2.24, 2.45) is 11.3 Å². The van der Waals surface area contributed by atoms with Gasteiger partial charge in [0.1, 0.15) is 12.1 Å². The van der Waals surface area contributed by atoms with E-state index >= 15 is 0 Å². The lowest BCUT2D eigenvalue weighted by atomic mass is 9.84. The van der Waals surface area contributed by atoms with Gasteiger partial charge in [-0.2, -0.15) is 0 Å². The first-order valence-electron chi connectivity index (χ1n) is 15.2. The minimum Gasteiger partial charge on any atom is -0.467 e. The molecule has 3 heterocycles. The number of nitrogens with one attached hydrogen (secondary N) is 1. The number of likely N-dealkylation sites (tertiary alicyclic amines) is 3. The molecule has 0 aromatic rings. The first-order chi connectivity index (χ1) is 19.2. The number of ether oxygens (including phenoxy) is 1. The van der Waals surface area contributed by atoms with Crippen LogP contribution in [0.4, 0.5) is 0 Å². The van der Waals surface area contributed by atoms with Gasteiger partial charge in [-0.05, 0) is 57.2 Å². The average Bonchev–Trinajstić information content (AvgIpc) is 3.54. The second-order valence-electron chi connectivity index (χ2n) is 13.6. The summed E-state index contributed by atoms with van der Waals surface area (Å²) in [5, 5.41) is 13.3. The summed E-state index contributed by atoms with van der Waals surface area (Å²) in [5.74, 6) is -0.842. The molecule has 0 saturated carbocycles. The van der Waals surface area contributed by atoms with Crippen molar-refractivity contribution in [3.63, 3.8) is 0 Å². The van der Waals surface area contributed by atoms with E-state index in [4.69, 9.17) is 4.74 Å². The van der Waals surface area contributed by atoms with E-state index in [-0.39, 0.29) is 48.7 Å². The molecule has 11 heteroatoms. The molecule has 6 atom stereocenters. The zero-order valence-corrected chi connectivity index (χ0v) is 26.4. The molecule has 2 N–H and O–H groups in total. The molecular formula is C30H53N5O6. The Morgan fingerprint density at radius 1 is 1.02 bits per heavy atom. The van der Waals surface area contributed by atoms with Gasteiger partial charge in [-0.3, -0.25) is 24.2 Å². The molecule has 0 bridgehead atoms. The Balaban J connectivity index is 1.75. The van der Waals surface area contributed by atoms with E-state index in [1.807, 2.05) is 27.8 Å². The summed E-state index contributed by atoms with van der Waals surface area (Å²) < 4.78 is 4.89. The van der Waals surface area contributed by atoms with E-state index in [0.29, 0.717) is 19.5 Å². The molecule has 0 spiro atoms. The van der Waals surface area contributed by atoms with E-state index in [9.17, 15) is 24.3 Å². The van der Waals surface area contributed by atoms with Crippen LogP contribution in [0.3, 0.4) is 0 Å². The van der Waals surface area contributed by atoms with Crippen molar-refractivity contribution in [2.75, 3.05) is 47.4 Å². The van der Waals surface area contributed by atoms with E-state index in [1.165, 1.54) is 12.0 Å². The Morgan fingerprint density at radius 3 is 2.27 bits per heavy atom. The number of methoxy groups -OCH3 is 1. The summed E-state index contributed by atoms with van der Waals surface area (Å²) in [6.07, 6.45) is 3.75. The third-order valence-electron chi connectivity index (χ3n) is 9.19. The number of rotatable bonds is 9. The van der Waals surface area contributed by atoms with Crippen LogP contribution in [0.1, 0.15) is 73.1 Å². The summed E-state index contributed by atoms with van der Waals surface area (Å²) in [6, 6.07) is -2.34. The van der Waals surface area contributed by atoms with Crippen LogP contribution < -0.4 is 5.32 Å². The predicted molar refractivity (Wildman–Crippen MR) is 156 cm³/mol. The Morgan fingerprint density at radius 2 is 1.68 bits per heavy atom. The number of aliphatic hydroxyl groups is 1. The number of carbonyl (C=O) groups excluding carboxylic acids is 4. The van der Waals surface area contributed by atoms with Gasteiger partial charge in [-0.15, -0.1) is 0 Å². The zero-order chi connectivity index (χ0) is 30.6. The van der Waals surface area contributed by atoms with E-state index in [1.54, 1.807) is 11.9 Å². The first-order valence-corrected chi connectivity index (χ1v) is 15.2. The molecule has 3 aliphatic rings. The summed E-state index contributed by atoms with van der Waals surface area (Å²) >= 11 is 0. The van der Waals surface area contributed by atoms with Gasteiger partial charge in [0, 0.05) is 32.6 Å². The van der Waals surface area contributed by atoms with Crippen molar-refractivity contribution in [3.8, 4) is 0 Å². The maximum atomic E-state index is 14.0. The van der Waals surface area contributed by atoms with Crippen molar-refractivity contribution >= 4 is 23.7 Å². The van der Waals surface area contributed by atoms with Crippen molar-refractivity contribution in [1.82, 2.24) is 24.9 Å². The molecule has 3 fully saturated rings. The largest absolute Gasteiger partial charge is 0.467 e. The highest BCUT2D eigenvalue weighted by molar-refractivity contribution is 5.91. The lowest BCUT2D eigenvalue weighted by molar-refractivity contribution is -0.152. The molecule has 0 radical (unpaired) electrons. The third-order valence-corrected chi connectivity index (χ3v) is 9.19. The highest BCUT2D eigenvalue weighted by Crippen LogP contribution is 2.28. The number of hydrogen-bond acceptors (Lipinski definition) is 8. The van der Waals surface area contributed by atoms with Gasteiger partial charge in [-0.1, -0.05) is 41.0 Å². The van der Waals surface area contributed by atoms with Crippen molar-refractivity contribution in [2.45, 2.75) is 109 Å². The Bertz CT molecular complexity index is 952. The maximum absolute atomic E-state index is 14.0. The second-order valence-corrected chi connectivity index (χ2v) is 13.6. The van der Waals surface area contributed by atoms with Crippen LogP contribution in [0.25, 0.3) is 0 Å². The number of carbonyl (C=O) groups is 4. The molecule has 3 rings (SSSR count). The van der Waals surface area contributed by atoms with Crippen LogP contribution in [0.5, 0.6) is 0 Å². The maximum Gasteiger partial charge on any atom is 0.328 e. The Kier molecular flexibility index (Phi) is 11.2. The fourth-order valence-electron chi connectivity index (χ4n) is 6.61. The van der Waals surface area contributed by atoms with Gasteiger partial charge < -0.3 is 25.0 Å². The number of likely N-dealkylation sites (N-methyl/N-ethyl adjacent to an activating group) is 2. The number of aliphatic hydroxyl groups excluding tert-OH is 1. The summed E-state index contributed by atoms with van der Waals surface area (Å²) in [4.78, 5) is 60.7. The van der Waals surface area contributed by atoms with Gasteiger partial charge >= 0.3 is 5.97 Å². The summed E-state index contributed by atoms with van der Waals surface area (Å²) in [6.45, 7) is 12.2. The van der Waals surface area contributed by atoms with E-state index in [2.05, 4.69) is 29.0 Å². The molecule has 11 nitrogen and oxygen atoms in total. The highest BCUT2D eigenvalue weighted by atomic mass is 16.5. The normalized spacial score (nSPS) is 27.5. The van der Waals surface area contributed by atoms with Crippen molar-refractivity contribution in [3.05, 3.63) is 0 Å². The Hall–Kier alpha value is -2.24. The third kappa shape index (κ3) is 7.78. The van der Waals surface area contributed by atoms with Crippen LogP contribution in [0.2, 0.25) is 0 Å². The van der Waals surface area contributed by atoms with Crippen molar-refractivity contribution < 1.29 is 29.0 Å². The molecule has 3 aliphatic heterocycles. The molecule has 234 valence electrons. The quantitative estimate of drug-likeness (QED) is 0.389. The molecule has 41 heavy (non-hydrogen) atoms. The van der Waals surface area contributed by atoms with E-state index in [0.717, 1.165) is 32.2 Å². The van der Waals surface area contributed by atoms with Crippen LogP contribution in [0, 0.1) is 11.3 Å². The SMILES string of the molecule is COC(=O)C1C[C@@H](O)CN1C(=O)C1CCCN1C[C@H](C(C)C)N(C)C(=O)C(NC(=O)C1CCCCN1C)C(C)(C)C. The second kappa shape index (κ2) is 13.8. The fourth-order valence-corrected chi connectivity index (χ4v) is 6.61.